The average molecular weight is 419 g/mol. The fourth-order valence-electron chi connectivity index (χ4n) is 1.84. The molecule has 1 radical (unpaired) electrons. The van der Waals surface area contributed by atoms with Gasteiger partial charge in [0.25, 0.3) is 0 Å². The van der Waals surface area contributed by atoms with Crippen LogP contribution in [0, 0.1) is 61.6 Å². The predicted octanol–water partition coefficient (Wildman–Crippen LogP) is 4.62. The molecule has 0 heterocycles. The summed E-state index contributed by atoms with van der Waals surface area (Å²) in [6, 6.07) is 0. The van der Waals surface area contributed by atoms with E-state index in [2.05, 4.69) is 78.0 Å². The third kappa shape index (κ3) is 7.85. The van der Waals surface area contributed by atoms with Crippen LogP contribution in [-0.4, -0.2) is 5.48 Å². The zero-order valence-electron chi connectivity index (χ0n) is 13.6. The Hall–Kier alpha value is 0.206. The van der Waals surface area contributed by atoms with E-state index in [9.17, 15) is 0 Å². The first-order valence-electron chi connectivity index (χ1n) is 6.77. The van der Waals surface area contributed by atoms with Crippen LogP contribution in [0.3, 0.4) is 0 Å². The van der Waals surface area contributed by atoms with E-state index in [0.717, 1.165) is 12.8 Å². The van der Waals surface area contributed by atoms with E-state index in [1.165, 1.54) is 11.1 Å². The summed E-state index contributed by atoms with van der Waals surface area (Å²) in [6.07, 6.45) is 17.3. The van der Waals surface area contributed by atoms with Crippen molar-refractivity contribution in [2.24, 2.45) is 10.8 Å². The first-order valence-corrected chi connectivity index (χ1v) is 6.77. The summed E-state index contributed by atoms with van der Waals surface area (Å²) >= 11 is 0. The monoisotopic (exact) mass is 419 g/mol. The Kier molecular flexibility index (Phi) is 10.4. The minimum absolute atomic E-state index is 0. The molecule has 0 aromatic heterocycles. The van der Waals surface area contributed by atoms with Crippen LogP contribution in [0.1, 0.15) is 54.4 Å². The molecule has 117 valence electrons. The molecule has 2 aliphatic rings. The summed E-state index contributed by atoms with van der Waals surface area (Å²) in [5.41, 5.74) is 3.30. The van der Waals surface area contributed by atoms with Crippen molar-refractivity contribution in [2.45, 2.75) is 54.4 Å². The number of hydrogen-bond donors (Lipinski definition) is 0. The van der Waals surface area contributed by atoms with Crippen molar-refractivity contribution < 1.29 is 44.1 Å². The van der Waals surface area contributed by atoms with Crippen LogP contribution in [0.2, 0.25) is 0 Å². The van der Waals surface area contributed by atoms with Crippen LogP contribution in [0.15, 0.2) is 35.5 Å². The van der Waals surface area contributed by atoms with Crippen molar-refractivity contribution >= 4 is 0 Å². The Bertz CT molecular complexity index is 358. The zero-order valence-corrected chi connectivity index (χ0v) is 15.7. The summed E-state index contributed by atoms with van der Waals surface area (Å²) in [5.74, 6) is 0. The van der Waals surface area contributed by atoms with Crippen LogP contribution in [0.4, 0.5) is 0 Å². The van der Waals surface area contributed by atoms with Crippen molar-refractivity contribution in [1.29, 1.82) is 0 Å². The van der Waals surface area contributed by atoms with Gasteiger partial charge in [-0.1, -0.05) is 41.5 Å². The first kappa shape index (κ1) is 22.5. The van der Waals surface area contributed by atoms with E-state index in [1.807, 2.05) is 0 Å². The van der Waals surface area contributed by atoms with Gasteiger partial charge in [0, 0.05) is 38.6 Å². The van der Waals surface area contributed by atoms with Crippen molar-refractivity contribution in [1.82, 2.24) is 0 Å². The molecule has 0 saturated carbocycles. The third-order valence-electron chi connectivity index (χ3n) is 3.01. The first-order chi connectivity index (χ1) is 8.21. The molecule has 0 spiro atoms. The van der Waals surface area contributed by atoms with E-state index in [0.29, 0.717) is 10.8 Å². The summed E-state index contributed by atoms with van der Waals surface area (Å²) in [4.78, 5) is 0. The summed E-state index contributed by atoms with van der Waals surface area (Å²) in [5, 5.41) is 0. The second-order valence-corrected chi connectivity index (χ2v) is 6.89. The fraction of sp³-hybridized carbons (Fsp3) is 0.556. The molecule has 2 heteroatoms. The molecule has 0 aliphatic heterocycles. The topological polar surface area (TPSA) is 31.5 Å². The van der Waals surface area contributed by atoms with Crippen molar-refractivity contribution in [2.75, 3.05) is 0 Å². The van der Waals surface area contributed by atoms with E-state index >= 15 is 0 Å². The Morgan fingerprint density at radius 1 is 0.750 bits per heavy atom. The molecule has 2 rings (SSSR count). The van der Waals surface area contributed by atoms with Gasteiger partial charge in [-0.3, -0.25) is 12.2 Å². The summed E-state index contributed by atoms with van der Waals surface area (Å²) in [6.45, 7) is 13.3. The maximum absolute atomic E-state index is 3.30. The van der Waals surface area contributed by atoms with Gasteiger partial charge >= 0.3 is 0 Å². The van der Waals surface area contributed by atoms with Crippen LogP contribution in [-0.2, 0) is 0 Å². The van der Waals surface area contributed by atoms with Gasteiger partial charge in [0.15, 0.2) is 0 Å². The molecular formula is C18H28OTb-2. The minimum atomic E-state index is 0. The predicted molar refractivity (Wildman–Crippen MR) is 83.5 cm³/mol. The second-order valence-electron chi connectivity index (χ2n) is 6.89. The van der Waals surface area contributed by atoms with Crippen LogP contribution in [0.25, 0.3) is 0 Å². The Morgan fingerprint density at radius 2 is 1.05 bits per heavy atom. The SMILES string of the molecule is CC(C)(C)C1=[C-]CC=C1.CC(C)(C)C1=[C-]CC=C1.O.[Tb]. The normalized spacial score (nSPS) is 16.5. The van der Waals surface area contributed by atoms with E-state index in [1.54, 1.807) is 0 Å². The fourth-order valence-corrected chi connectivity index (χ4v) is 1.84. The largest absolute Gasteiger partial charge is 0.412 e. The van der Waals surface area contributed by atoms with Crippen LogP contribution >= 0.6 is 0 Å². The van der Waals surface area contributed by atoms with Gasteiger partial charge in [-0.15, -0.1) is 12.8 Å². The third-order valence-corrected chi connectivity index (χ3v) is 3.01. The molecule has 1 nitrogen and oxygen atoms in total. The Balaban J connectivity index is 0. The quantitative estimate of drug-likeness (QED) is 0.514. The molecule has 2 N–H and O–H groups in total. The van der Waals surface area contributed by atoms with E-state index in [4.69, 9.17) is 0 Å². The van der Waals surface area contributed by atoms with Gasteiger partial charge in [0.1, 0.15) is 0 Å². The molecule has 0 aromatic rings. The Morgan fingerprint density at radius 3 is 1.15 bits per heavy atom. The Labute approximate surface area is 156 Å². The minimum Gasteiger partial charge on any atom is -0.412 e. The maximum Gasteiger partial charge on any atom is 0 e. The molecule has 0 bridgehead atoms. The van der Waals surface area contributed by atoms with Crippen molar-refractivity contribution in [3.8, 4) is 0 Å². The summed E-state index contributed by atoms with van der Waals surface area (Å²) in [7, 11) is 0. The van der Waals surface area contributed by atoms with E-state index in [-0.39, 0.29) is 44.1 Å². The average Bonchev–Trinajstić information content (AvgIpc) is 2.91. The van der Waals surface area contributed by atoms with Gasteiger partial charge in [-0.2, -0.15) is 12.2 Å². The van der Waals surface area contributed by atoms with Gasteiger partial charge < -0.3 is 5.48 Å². The van der Waals surface area contributed by atoms with Crippen LogP contribution < -0.4 is 0 Å². The standard InChI is InChI=1S/2C9H13.H2O.Tb/c2*1-9(2,3)8-6-4-5-7-8;;/h2*4,6H,5H2,1-3H3;1H2;/q2*-1;;. The molecule has 20 heavy (non-hydrogen) atoms. The second kappa shape index (κ2) is 9.27. The number of hydrogen-bond acceptors (Lipinski definition) is 0. The zero-order chi connectivity index (χ0) is 13.8. The summed E-state index contributed by atoms with van der Waals surface area (Å²) < 4.78 is 0. The van der Waals surface area contributed by atoms with Crippen molar-refractivity contribution in [3.63, 3.8) is 0 Å². The van der Waals surface area contributed by atoms with Crippen molar-refractivity contribution in [3.05, 3.63) is 47.6 Å². The molecule has 0 saturated heterocycles. The number of rotatable bonds is 0. The maximum atomic E-state index is 3.30. The van der Waals surface area contributed by atoms with Crippen LogP contribution in [0.5, 0.6) is 0 Å². The molecule has 0 aromatic carbocycles. The number of allylic oxidation sites excluding steroid dienone is 8. The van der Waals surface area contributed by atoms with E-state index < -0.39 is 0 Å². The smallest absolute Gasteiger partial charge is 0 e. The molecular weight excluding hydrogens is 391 g/mol. The molecule has 0 atom stereocenters. The van der Waals surface area contributed by atoms with Gasteiger partial charge in [0.2, 0.25) is 0 Å². The van der Waals surface area contributed by atoms with Gasteiger partial charge in [0.05, 0.1) is 0 Å². The molecule has 0 amide bonds. The molecule has 0 fully saturated rings. The van der Waals surface area contributed by atoms with Gasteiger partial charge in [-0.25, -0.2) is 23.3 Å². The molecule has 0 unspecified atom stereocenters. The molecule has 2 aliphatic carbocycles. The van der Waals surface area contributed by atoms with Gasteiger partial charge in [-0.05, 0) is 10.8 Å².